The van der Waals surface area contributed by atoms with Gasteiger partial charge in [0.2, 0.25) is 0 Å². The van der Waals surface area contributed by atoms with E-state index < -0.39 is 23.4 Å². The summed E-state index contributed by atoms with van der Waals surface area (Å²) in [5.41, 5.74) is -1.60. The summed E-state index contributed by atoms with van der Waals surface area (Å²) in [6.07, 6.45) is 0.0752. The van der Waals surface area contributed by atoms with Crippen molar-refractivity contribution in [3.05, 3.63) is 40.3 Å². The lowest BCUT2D eigenvalue weighted by Crippen LogP contribution is -2.57. The fourth-order valence-electron chi connectivity index (χ4n) is 3.97. The molecule has 1 fully saturated rings. The van der Waals surface area contributed by atoms with Gasteiger partial charge in [-0.05, 0) is 31.2 Å². The summed E-state index contributed by atoms with van der Waals surface area (Å²) in [5, 5.41) is 25.5. The van der Waals surface area contributed by atoms with E-state index >= 15 is 0 Å². The molecule has 1 aliphatic rings. The Bertz CT molecular complexity index is 999. The number of carboxylic acids is 1. The zero-order valence-corrected chi connectivity index (χ0v) is 17.0. The number of aromatic nitrogens is 2. The van der Waals surface area contributed by atoms with Crippen LogP contribution in [0, 0.1) is 11.3 Å². The maximum absolute atomic E-state index is 13.3. The summed E-state index contributed by atoms with van der Waals surface area (Å²) < 4.78 is 1.12. The van der Waals surface area contributed by atoms with Crippen LogP contribution in [0.15, 0.2) is 29.1 Å². The number of benzene rings is 1. The molecule has 0 bridgehead atoms. The first kappa shape index (κ1) is 21.0. The quantitative estimate of drug-likeness (QED) is 0.788. The second-order valence-electron chi connectivity index (χ2n) is 8.25. The van der Waals surface area contributed by atoms with Crippen molar-refractivity contribution in [1.29, 1.82) is 0 Å². The molecule has 29 heavy (non-hydrogen) atoms. The molecule has 2 aromatic rings. The molecular weight excluding hydrogens is 374 g/mol. The van der Waals surface area contributed by atoms with E-state index in [1.807, 2.05) is 13.8 Å². The number of nitrogens with zero attached hydrogens (tertiary/aromatic N) is 3. The lowest BCUT2D eigenvalue weighted by atomic mass is 9.72. The average Bonchev–Trinajstić information content (AvgIpc) is 2.69. The first-order valence-electron chi connectivity index (χ1n) is 9.84. The predicted octanol–water partition coefficient (Wildman–Crippen LogP) is 1.65. The monoisotopic (exact) mass is 401 g/mol. The molecule has 2 atom stereocenters. The van der Waals surface area contributed by atoms with Crippen molar-refractivity contribution in [2.75, 3.05) is 13.1 Å². The summed E-state index contributed by atoms with van der Waals surface area (Å²) in [6, 6.07) is 6.75. The summed E-state index contributed by atoms with van der Waals surface area (Å²) >= 11 is 0. The van der Waals surface area contributed by atoms with Gasteiger partial charge in [0.15, 0.2) is 5.69 Å². The minimum absolute atomic E-state index is 0.0894. The molecule has 1 saturated heterocycles. The molecule has 1 amide bonds. The van der Waals surface area contributed by atoms with Crippen molar-refractivity contribution >= 4 is 22.6 Å². The maximum atomic E-state index is 13.3. The minimum Gasteiger partial charge on any atom is -0.481 e. The van der Waals surface area contributed by atoms with Crippen LogP contribution in [-0.2, 0) is 11.8 Å². The first-order chi connectivity index (χ1) is 13.7. The van der Waals surface area contributed by atoms with E-state index in [2.05, 4.69) is 5.10 Å². The number of aliphatic hydroxyl groups excluding tert-OH is 1. The maximum Gasteiger partial charge on any atom is 0.314 e. The Morgan fingerprint density at radius 2 is 1.93 bits per heavy atom. The van der Waals surface area contributed by atoms with Gasteiger partial charge in [-0.2, -0.15) is 5.10 Å². The van der Waals surface area contributed by atoms with Crippen LogP contribution >= 0.6 is 0 Å². The second-order valence-corrected chi connectivity index (χ2v) is 8.25. The molecule has 8 nitrogen and oxygen atoms in total. The zero-order chi connectivity index (χ0) is 21.3. The van der Waals surface area contributed by atoms with Gasteiger partial charge in [-0.3, -0.25) is 14.4 Å². The van der Waals surface area contributed by atoms with Crippen LogP contribution in [0.25, 0.3) is 10.8 Å². The van der Waals surface area contributed by atoms with Crippen molar-refractivity contribution < 1.29 is 19.8 Å². The van der Waals surface area contributed by atoms with E-state index in [1.165, 1.54) is 11.9 Å². The van der Waals surface area contributed by atoms with Crippen LogP contribution in [-0.4, -0.2) is 56.0 Å². The number of aliphatic hydroxyl groups is 1. The molecule has 156 valence electrons. The Labute approximate surface area is 168 Å². The van der Waals surface area contributed by atoms with Gasteiger partial charge >= 0.3 is 5.97 Å². The molecule has 1 aliphatic heterocycles. The molecule has 0 unspecified atom stereocenters. The largest absolute Gasteiger partial charge is 0.481 e. The summed E-state index contributed by atoms with van der Waals surface area (Å²) in [5.74, 6) is -1.25. The summed E-state index contributed by atoms with van der Waals surface area (Å²) in [6.45, 7) is 4.13. The van der Waals surface area contributed by atoms with Gasteiger partial charge in [0, 0.05) is 25.5 Å². The van der Waals surface area contributed by atoms with Gasteiger partial charge in [-0.15, -0.1) is 0 Å². The Kier molecular flexibility index (Phi) is 5.75. The van der Waals surface area contributed by atoms with Gasteiger partial charge in [-0.1, -0.05) is 32.0 Å². The Balaban J connectivity index is 2.00. The number of likely N-dealkylation sites (tertiary alicyclic amines) is 1. The van der Waals surface area contributed by atoms with Crippen LogP contribution < -0.4 is 5.56 Å². The van der Waals surface area contributed by atoms with Crippen LogP contribution in [0.3, 0.4) is 0 Å². The third kappa shape index (κ3) is 3.76. The predicted molar refractivity (Wildman–Crippen MR) is 108 cm³/mol. The molecule has 0 radical (unpaired) electrons. The lowest BCUT2D eigenvalue weighted by Gasteiger charge is -2.43. The molecule has 3 rings (SSSR count). The highest BCUT2D eigenvalue weighted by Gasteiger charge is 2.50. The molecule has 0 spiro atoms. The summed E-state index contributed by atoms with van der Waals surface area (Å²) in [4.78, 5) is 39.2. The van der Waals surface area contributed by atoms with E-state index in [0.29, 0.717) is 17.2 Å². The molecule has 2 heterocycles. The normalized spacial score (nSPS) is 22.2. The number of piperidine rings is 1. The smallest absolute Gasteiger partial charge is 0.314 e. The van der Waals surface area contributed by atoms with E-state index in [0.717, 1.165) is 4.68 Å². The van der Waals surface area contributed by atoms with Crippen molar-refractivity contribution in [2.45, 2.75) is 39.2 Å². The van der Waals surface area contributed by atoms with Crippen molar-refractivity contribution in [3.8, 4) is 0 Å². The molecule has 8 heteroatoms. The highest BCUT2D eigenvalue weighted by atomic mass is 16.4. The third-order valence-electron chi connectivity index (χ3n) is 5.82. The van der Waals surface area contributed by atoms with Crippen molar-refractivity contribution in [1.82, 2.24) is 14.7 Å². The minimum atomic E-state index is -1.41. The number of fused-ring (bicyclic) bond motifs is 1. The van der Waals surface area contributed by atoms with Crippen LogP contribution in [0.5, 0.6) is 0 Å². The standard InChI is InChI=1S/C21H27N3O5/c1-13(2)8-10-21(20(28)29)12-24(11-9-16(21)25)19(27)17-14-6-4-5-7-15(14)18(26)23(3)22-17/h4-7,13,16,25H,8-12H2,1-3H3,(H,28,29)/t16-,21-/m1/s1. The third-order valence-corrected chi connectivity index (χ3v) is 5.82. The van der Waals surface area contributed by atoms with Gasteiger partial charge in [-0.25, -0.2) is 4.68 Å². The van der Waals surface area contributed by atoms with Crippen molar-refractivity contribution in [3.63, 3.8) is 0 Å². The number of carboxylic acid groups (broad SMARTS) is 1. The number of hydrogen-bond donors (Lipinski definition) is 2. The fourth-order valence-corrected chi connectivity index (χ4v) is 3.97. The summed E-state index contributed by atoms with van der Waals surface area (Å²) in [7, 11) is 1.48. The molecular formula is C21H27N3O5. The highest BCUT2D eigenvalue weighted by molar-refractivity contribution is 6.05. The number of carbonyl (C=O) groups is 2. The Morgan fingerprint density at radius 3 is 2.55 bits per heavy atom. The molecule has 1 aromatic carbocycles. The van der Waals surface area contributed by atoms with Gasteiger partial charge in [0.05, 0.1) is 11.5 Å². The number of aliphatic carboxylic acids is 1. The van der Waals surface area contributed by atoms with Crippen LogP contribution in [0.1, 0.15) is 43.6 Å². The van der Waals surface area contributed by atoms with E-state index in [9.17, 15) is 24.6 Å². The lowest BCUT2D eigenvalue weighted by molar-refractivity contribution is -0.163. The second kappa shape index (κ2) is 7.94. The fraction of sp³-hybridized carbons (Fsp3) is 0.524. The van der Waals surface area contributed by atoms with Crippen LogP contribution in [0.2, 0.25) is 0 Å². The molecule has 1 aromatic heterocycles. The van der Waals surface area contributed by atoms with Gasteiger partial charge in [0.1, 0.15) is 5.41 Å². The number of carbonyl (C=O) groups excluding carboxylic acids is 1. The van der Waals surface area contributed by atoms with Gasteiger partial charge < -0.3 is 15.1 Å². The topological polar surface area (TPSA) is 113 Å². The zero-order valence-electron chi connectivity index (χ0n) is 17.0. The van der Waals surface area contributed by atoms with E-state index in [1.54, 1.807) is 24.3 Å². The molecule has 2 N–H and O–H groups in total. The number of amides is 1. The van der Waals surface area contributed by atoms with Gasteiger partial charge in [0.25, 0.3) is 11.5 Å². The van der Waals surface area contributed by atoms with E-state index in [-0.39, 0.29) is 43.1 Å². The van der Waals surface area contributed by atoms with Crippen molar-refractivity contribution in [2.24, 2.45) is 18.4 Å². The Morgan fingerprint density at radius 1 is 1.28 bits per heavy atom. The highest BCUT2D eigenvalue weighted by Crippen LogP contribution is 2.37. The molecule has 0 aliphatic carbocycles. The Hall–Kier alpha value is -2.74. The van der Waals surface area contributed by atoms with Crippen LogP contribution in [0.4, 0.5) is 0 Å². The molecule has 0 saturated carbocycles. The average molecular weight is 401 g/mol. The first-order valence-corrected chi connectivity index (χ1v) is 9.84. The van der Waals surface area contributed by atoms with E-state index in [4.69, 9.17) is 0 Å². The SMILES string of the molecule is CC(C)CC[C@@]1(C(=O)O)CN(C(=O)c2nn(C)c(=O)c3ccccc23)CC[C@H]1O. The number of rotatable bonds is 5. The number of aryl methyl sites for hydroxylation is 1. The number of hydrogen-bond acceptors (Lipinski definition) is 5.